The molecule has 0 spiro atoms. The standard InChI is InChI=1S/C20H25ClN2O5S2/c21-17-5-7-18(8-6-17)28-16-4-1-13-22-29(24,25)19-9-11-20(12-10-19)30(26,27)23-14-2-3-15-23/h5-12,22H,1-4,13-16H2. The maximum absolute atomic E-state index is 12.5. The Bertz CT molecular complexity index is 1030. The molecule has 0 saturated carbocycles. The molecule has 0 amide bonds. The van der Waals surface area contributed by atoms with Crippen LogP contribution in [-0.4, -0.2) is 47.4 Å². The molecule has 0 aliphatic carbocycles. The zero-order valence-electron chi connectivity index (χ0n) is 16.5. The predicted octanol–water partition coefficient (Wildman–Crippen LogP) is 3.26. The lowest BCUT2D eigenvalue weighted by atomic mass is 10.3. The second kappa shape index (κ2) is 10.1. The smallest absolute Gasteiger partial charge is 0.243 e. The van der Waals surface area contributed by atoms with E-state index >= 15 is 0 Å². The molecule has 0 radical (unpaired) electrons. The van der Waals surface area contributed by atoms with Crippen molar-refractivity contribution in [3.63, 3.8) is 0 Å². The normalized spacial score (nSPS) is 15.4. The topological polar surface area (TPSA) is 92.8 Å². The summed E-state index contributed by atoms with van der Waals surface area (Å²) in [7, 11) is -7.26. The molecule has 0 aromatic heterocycles. The highest BCUT2D eigenvalue weighted by Gasteiger charge is 2.27. The zero-order valence-corrected chi connectivity index (χ0v) is 18.8. The van der Waals surface area contributed by atoms with Crippen molar-refractivity contribution in [2.24, 2.45) is 0 Å². The van der Waals surface area contributed by atoms with Crippen LogP contribution in [0.25, 0.3) is 0 Å². The summed E-state index contributed by atoms with van der Waals surface area (Å²) in [6, 6.07) is 12.4. The molecule has 1 heterocycles. The van der Waals surface area contributed by atoms with Crippen LogP contribution in [0, 0.1) is 0 Å². The third kappa shape index (κ3) is 5.95. The van der Waals surface area contributed by atoms with Gasteiger partial charge < -0.3 is 4.74 Å². The Balaban J connectivity index is 1.46. The largest absolute Gasteiger partial charge is 0.494 e. The Morgan fingerprint density at radius 1 is 0.867 bits per heavy atom. The number of unbranched alkanes of at least 4 members (excludes halogenated alkanes) is 1. The van der Waals surface area contributed by atoms with Crippen LogP contribution >= 0.6 is 11.6 Å². The van der Waals surface area contributed by atoms with E-state index in [2.05, 4.69) is 4.72 Å². The van der Waals surface area contributed by atoms with Crippen molar-refractivity contribution in [2.75, 3.05) is 26.2 Å². The van der Waals surface area contributed by atoms with Crippen molar-refractivity contribution in [3.8, 4) is 5.75 Å². The number of sulfonamides is 2. The van der Waals surface area contributed by atoms with E-state index in [0.717, 1.165) is 12.8 Å². The van der Waals surface area contributed by atoms with Crippen molar-refractivity contribution < 1.29 is 21.6 Å². The van der Waals surface area contributed by atoms with Gasteiger partial charge in [0.15, 0.2) is 0 Å². The molecule has 2 aromatic rings. The summed E-state index contributed by atoms with van der Waals surface area (Å²) in [5, 5.41) is 0.637. The van der Waals surface area contributed by atoms with Gasteiger partial charge in [-0.3, -0.25) is 0 Å². The molecular weight excluding hydrogens is 448 g/mol. The predicted molar refractivity (Wildman–Crippen MR) is 116 cm³/mol. The van der Waals surface area contributed by atoms with Gasteiger partial charge in [0.2, 0.25) is 20.0 Å². The number of hydrogen-bond donors (Lipinski definition) is 1. The molecule has 0 unspecified atom stereocenters. The molecule has 1 aliphatic heterocycles. The van der Waals surface area contributed by atoms with Crippen molar-refractivity contribution in [2.45, 2.75) is 35.5 Å². The minimum atomic E-state index is -3.70. The highest BCUT2D eigenvalue weighted by Crippen LogP contribution is 2.22. The molecule has 1 N–H and O–H groups in total. The van der Waals surface area contributed by atoms with E-state index in [1.807, 2.05) is 0 Å². The van der Waals surface area contributed by atoms with Gasteiger partial charge in [0.1, 0.15) is 5.75 Å². The fourth-order valence-corrected chi connectivity index (χ4v) is 5.82. The lowest BCUT2D eigenvalue weighted by Crippen LogP contribution is -2.28. The average Bonchev–Trinajstić information content (AvgIpc) is 3.28. The first-order valence-electron chi connectivity index (χ1n) is 9.77. The molecular formula is C20H25ClN2O5S2. The molecule has 1 saturated heterocycles. The molecule has 7 nitrogen and oxygen atoms in total. The van der Waals surface area contributed by atoms with Crippen molar-refractivity contribution in [3.05, 3.63) is 53.6 Å². The molecule has 2 aromatic carbocycles. The van der Waals surface area contributed by atoms with E-state index in [9.17, 15) is 16.8 Å². The Hall–Kier alpha value is -1.65. The van der Waals surface area contributed by atoms with Gasteiger partial charge in [0.05, 0.1) is 16.4 Å². The maximum atomic E-state index is 12.5. The summed E-state index contributed by atoms with van der Waals surface area (Å²) in [5.74, 6) is 0.712. The molecule has 3 rings (SSSR count). The fourth-order valence-electron chi connectivity index (χ4n) is 3.11. The lowest BCUT2D eigenvalue weighted by molar-refractivity contribution is 0.307. The molecule has 30 heavy (non-hydrogen) atoms. The van der Waals surface area contributed by atoms with Gasteiger partial charge >= 0.3 is 0 Å². The van der Waals surface area contributed by atoms with Crippen molar-refractivity contribution in [1.29, 1.82) is 0 Å². The van der Waals surface area contributed by atoms with Gasteiger partial charge in [0, 0.05) is 24.7 Å². The number of benzene rings is 2. The van der Waals surface area contributed by atoms with Gasteiger partial charge in [-0.25, -0.2) is 21.6 Å². The molecule has 0 atom stereocenters. The number of ether oxygens (including phenoxy) is 1. The summed E-state index contributed by atoms with van der Waals surface area (Å²) < 4.78 is 59.4. The minimum absolute atomic E-state index is 0.0419. The van der Waals surface area contributed by atoms with Crippen molar-refractivity contribution in [1.82, 2.24) is 9.03 Å². The number of halogens is 1. The van der Waals surface area contributed by atoms with Gasteiger partial charge in [-0.15, -0.1) is 0 Å². The quantitative estimate of drug-likeness (QED) is 0.536. The Morgan fingerprint density at radius 3 is 2.10 bits per heavy atom. The summed E-state index contributed by atoms with van der Waals surface area (Å²) in [5.41, 5.74) is 0. The van der Waals surface area contributed by atoms with E-state index in [1.165, 1.54) is 28.6 Å². The highest BCUT2D eigenvalue weighted by molar-refractivity contribution is 7.89. The Morgan fingerprint density at radius 2 is 1.47 bits per heavy atom. The van der Waals surface area contributed by atoms with Gasteiger partial charge in [-0.2, -0.15) is 4.31 Å². The van der Waals surface area contributed by atoms with Crippen LogP contribution in [0.2, 0.25) is 5.02 Å². The van der Waals surface area contributed by atoms with Crippen LogP contribution in [0.1, 0.15) is 25.7 Å². The zero-order chi connectivity index (χ0) is 21.6. The molecule has 1 aliphatic rings. The fraction of sp³-hybridized carbons (Fsp3) is 0.400. The maximum Gasteiger partial charge on any atom is 0.243 e. The number of rotatable bonds is 10. The van der Waals surface area contributed by atoms with E-state index in [0.29, 0.717) is 43.3 Å². The summed E-state index contributed by atoms with van der Waals surface area (Å²) in [6.07, 6.45) is 2.98. The monoisotopic (exact) mass is 472 g/mol. The van der Waals surface area contributed by atoms with Gasteiger partial charge in [0.25, 0.3) is 0 Å². The first-order valence-corrected chi connectivity index (χ1v) is 13.1. The van der Waals surface area contributed by atoms with Crippen LogP contribution in [0.5, 0.6) is 5.75 Å². The molecule has 164 valence electrons. The third-order valence-corrected chi connectivity index (χ3v) is 8.42. The second-order valence-corrected chi connectivity index (χ2v) is 11.1. The van der Waals surface area contributed by atoms with E-state index in [4.69, 9.17) is 16.3 Å². The van der Waals surface area contributed by atoms with Crippen LogP contribution in [0.4, 0.5) is 0 Å². The second-order valence-electron chi connectivity index (χ2n) is 6.99. The number of nitrogens with one attached hydrogen (secondary N) is 1. The van der Waals surface area contributed by atoms with E-state index in [-0.39, 0.29) is 16.3 Å². The first-order chi connectivity index (χ1) is 14.3. The first kappa shape index (κ1) is 23.0. The van der Waals surface area contributed by atoms with Crippen LogP contribution < -0.4 is 9.46 Å². The number of nitrogens with zero attached hydrogens (tertiary/aromatic N) is 1. The average molecular weight is 473 g/mol. The van der Waals surface area contributed by atoms with E-state index in [1.54, 1.807) is 24.3 Å². The van der Waals surface area contributed by atoms with E-state index < -0.39 is 20.0 Å². The molecule has 10 heteroatoms. The minimum Gasteiger partial charge on any atom is -0.494 e. The highest BCUT2D eigenvalue weighted by atomic mass is 35.5. The van der Waals surface area contributed by atoms with Gasteiger partial charge in [-0.1, -0.05) is 11.6 Å². The molecule has 1 fully saturated rings. The van der Waals surface area contributed by atoms with Crippen LogP contribution in [-0.2, 0) is 20.0 Å². The SMILES string of the molecule is O=S(=O)(NCCCCOc1ccc(Cl)cc1)c1ccc(S(=O)(=O)N2CCCC2)cc1. The Kier molecular flexibility index (Phi) is 7.75. The van der Waals surface area contributed by atoms with Gasteiger partial charge in [-0.05, 0) is 74.2 Å². The van der Waals surface area contributed by atoms with Crippen molar-refractivity contribution >= 4 is 31.6 Å². The third-order valence-electron chi connectivity index (χ3n) is 4.78. The lowest BCUT2D eigenvalue weighted by Gasteiger charge is -2.15. The van der Waals surface area contributed by atoms with Crippen LogP contribution in [0.3, 0.4) is 0 Å². The summed E-state index contributed by atoms with van der Waals surface area (Å²) in [6.45, 7) is 1.74. The molecule has 0 bridgehead atoms. The summed E-state index contributed by atoms with van der Waals surface area (Å²) in [4.78, 5) is 0.156. The number of hydrogen-bond acceptors (Lipinski definition) is 5. The van der Waals surface area contributed by atoms with Crippen LogP contribution in [0.15, 0.2) is 58.3 Å². The summed E-state index contributed by atoms with van der Waals surface area (Å²) >= 11 is 5.82. The Labute approximate surface area is 183 Å².